The highest BCUT2D eigenvalue weighted by atomic mass is 16.3. The van der Waals surface area contributed by atoms with Gasteiger partial charge >= 0.3 is 0 Å². The highest BCUT2D eigenvalue weighted by molar-refractivity contribution is 5.78. The van der Waals surface area contributed by atoms with Crippen LogP contribution in [0.25, 0.3) is 11.0 Å². The number of hydrogen-bond donors (Lipinski definition) is 1. The molecule has 1 aromatic heterocycles. The van der Waals surface area contributed by atoms with Crippen molar-refractivity contribution in [2.75, 3.05) is 26.2 Å². The number of benzene rings is 1. The Kier molecular flexibility index (Phi) is 3.85. The van der Waals surface area contributed by atoms with Crippen LogP contribution in [0, 0.1) is 6.92 Å². The van der Waals surface area contributed by atoms with Crippen LogP contribution >= 0.6 is 0 Å². The average molecular weight is 258 g/mol. The van der Waals surface area contributed by atoms with Crippen LogP contribution < -0.4 is 5.32 Å². The summed E-state index contributed by atoms with van der Waals surface area (Å²) in [5.74, 6) is 1.03. The Bertz CT molecular complexity index is 541. The second kappa shape index (κ2) is 5.76. The topological polar surface area (TPSA) is 28.4 Å². The zero-order chi connectivity index (χ0) is 13.1. The van der Waals surface area contributed by atoms with Gasteiger partial charge in [0.25, 0.3) is 0 Å². The van der Waals surface area contributed by atoms with E-state index in [1.54, 1.807) is 0 Å². The number of rotatable bonds is 5. The Hall–Kier alpha value is -1.32. The molecule has 2 heterocycles. The SMILES string of the molecule is Cc1ccc2oc(CNCCN3CCCC3)cc2c1. The summed E-state index contributed by atoms with van der Waals surface area (Å²) in [5.41, 5.74) is 2.27. The lowest BCUT2D eigenvalue weighted by atomic mass is 10.2. The Morgan fingerprint density at radius 1 is 1.21 bits per heavy atom. The molecule has 1 aromatic carbocycles. The van der Waals surface area contributed by atoms with Gasteiger partial charge in [-0.3, -0.25) is 0 Å². The lowest BCUT2D eigenvalue weighted by Gasteiger charge is -2.14. The molecule has 0 aliphatic carbocycles. The quantitative estimate of drug-likeness (QED) is 0.836. The van der Waals surface area contributed by atoms with E-state index in [4.69, 9.17) is 4.42 Å². The van der Waals surface area contributed by atoms with Crippen molar-refractivity contribution < 1.29 is 4.42 Å². The Balaban J connectivity index is 1.50. The van der Waals surface area contributed by atoms with Crippen molar-refractivity contribution in [1.29, 1.82) is 0 Å². The third-order valence-electron chi connectivity index (χ3n) is 3.83. The van der Waals surface area contributed by atoms with E-state index in [-0.39, 0.29) is 0 Å². The molecule has 102 valence electrons. The fourth-order valence-electron chi connectivity index (χ4n) is 2.76. The van der Waals surface area contributed by atoms with E-state index in [9.17, 15) is 0 Å². The molecule has 0 saturated carbocycles. The molecular formula is C16H22N2O. The lowest BCUT2D eigenvalue weighted by Crippen LogP contribution is -2.29. The van der Waals surface area contributed by atoms with Gasteiger partial charge in [-0.15, -0.1) is 0 Å². The van der Waals surface area contributed by atoms with Gasteiger partial charge in [0, 0.05) is 18.5 Å². The highest BCUT2D eigenvalue weighted by Crippen LogP contribution is 2.20. The first-order valence-electron chi connectivity index (χ1n) is 7.23. The summed E-state index contributed by atoms with van der Waals surface area (Å²) in [5, 5.41) is 4.67. The van der Waals surface area contributed by atoms with Gasteiger partial charge in [-0.05, 0) is 51.1 Å². The second-order valence-corrected chi connectivity index (χ2v) is 5.48. The van der Waals surface area contributed by atoms with Crippen LogP contribution in [0.2, 0.25) is 0 Å². The van der Waals surface area contributed by atoms with Gasteiger partial charge in [0.05, 0.1) is 6.54 Å². The number of hydrogen-bond acceptors (Lipinski definition) is 3. The molecule has 0 amide bonds. The molecule has 3 nitrogen and oxygen atoms in total. The first kappa shape index (κ1) is 12.7. The summed E-state index contributed by atoms with van der Waals surface area (Å²) in [6, 6.07) is 8.46. The van der Waals surface area contributed by atoms with Gasteiger partial charge in [0.15, 0.2) is 0 Å². The third kappa shape index (κ3) is 3.17. The van der Waals surface area contributed by atoms with Crippen LogP contribution in [-0.4, -0.2) is 31.1 Å². The zero-order valence-electron chi connectivity index (χ0n) is 11.6. The summed E-state index contributed by atoms with van der Waals surface area (Å²) in [6.07, 6.45) is 2.73. The molecule has 1 aliphatic rings. The first-order valence-corrected chi connectivity index (χ1v) is 7.23. The van der Waals surface area contributed by atoms with E-state index in [0.717, 1.165) is 31.0 Å². The molecule has 1 aliphatic heterocycles. The van der Waals surface area contributed by atoms with Crippen molar-refractivity contribution in [2.45, 2.75) is 26.3 Å². The monoisotopic (exact) mass is 258 g/mol. The minimum atomic E-state index is 0.821. The number of aryl methyl sites for hydroxylation is 1. The van der Waals surface area contributed by atoms with Crippen molar-refractivity contribution in [1.82, 2.24) is 10.2 Å². The van der Waals surface area contributed by atoms with Gasteiger partial charge in [0.2, 0.25) is 0 Å². The van der Waals surface area contributed by atoms with Crippen molar-refractivity contribution in [2.24, 2.45) is 0 Å². The van der Waals surface area contributed by atoms with Gasteiger partial charge in [0.1, 0.15) is 11.3 Å². The largest absolute Gasteiger partial charge is 0.460 e. The number of nitrogens with one attached hydrogen (secondary N) is 1. The summed E-state index contributed by atoms with van der Waals surface area (Å²) in [4.78, 5) is 2.52. The molecule has 0 unspecified atom stereocenters. The van der Waals surface area contributed by atoms with Crippen LogP contribution in [-0.2, 0) is 6.54 Å². The lowest BCUT2D eigenvalue weighted by molar-refractivity contribution is 0.333. The van der Waals surface area contributed by atoms with E-state index in [1.807, 2.05) is 0 Å². The number of nitrogens with zero attached hydrogens (tertiary/aromatic N) is 1. The van der Waals surface area contributed by atoms with E-state index >= 15 is 0 Å². The van der Waals surface area contributed by atoms with E-state index in [2.05, 4.69) is 41.4 Å². The molecule has 19 heavy (non-hydrogen) atoms. The highest BCUT2D eigenvalue weighted by Gasteiger charge is 2.10. The fourth-order valence-corrected chi connectivity index (χ4v) is 2.76. The Morgan fingerprint density at radius 3 is 2.89 bits per heavy atom. The van der Waals surface area contributed by atoms with Crippen LogP contribution in [0.15, 0.2) is 28.7 Å². The van der Waals surface area contributed by atoms with Crippen LogP contribution in [0.4, 0.5) is 0 Å². The van der Waals surface area contributed by atoms with Gasteiger partial charge in [-0.2, -0.15) is 0 Å². The smallest absolute Gasteiger partial charge is 0.134 e. The Morgan fingerprint density at radius 2 is 2.05 bits per heavy atom. The number of fused-ring (bicyclic) bond motifs is 1. The third-order valence-corrected chi connectivity index (χ3v) is 3.83. The van der Waals surface area contributed by atoms with E-state index in [1.165, 1.54) is 36.9 Å². The molecule has 1 fully saturated rings. The van der Waals surface area contributed by atoms with Crippen molar-refractivity contribution >= 4 is 11.0 Å². The number of furan rings is 1. The first-order chi connectivity index (χ1) is 9.31. The molecular weight excluding hydrogens is 236 g/mol. The standard InChI is InChI=1S/C16H22N2O/c1-13-4-5-16-14(10-13)11-15(19-16)12-17-6-9-18-7-2-3-8-18/h4-5,10-11,17H,2-3,6-9,12H2,1H3. The summed E-state index contributed by atoms with van der Waals surface area (Å²) < 4.78 is 5.82. The van der Waals surface area contributed by atoms with E-state index < -0.39 is 0 Å². The minimum Gasteiger partial charge on any atom is -0.460 e. The molecule has 0 bridgehead atoms. The molecule has 0 spiro atoms. The molecule has 2 aromatic rings. The fraction of sp³-hybridized carbons (Fsp3) is 0.500. The summed E-state index contributed by atoms with van der Waals surface area (Å²) >= 11 is 0. The van der Waals surface area contributed by atoms with Crippen molar-refractivity contribution in [3.8, 4) is 0 Å². The van der Waals surface area contributed by atoms with Gasteiger partial charge < -0.3 is 14.6 Å². The van der Waals surface area contributed by atoms with Crippen LogP contribution in [0.1, 0.15) is 24.2 Å². The van der Waals surface area contributed by atoms with Crippen LogP contribution in [0.3, 0.4) is 0 Å². The maximum atomic E-state index is 5.82. The molecule has 0 radical (unpaired) electrons. The molecule has 1 N–H and O–H groups in total. The predicted molar refractivity (Wildman–Crippen MR) is 78.3 cm³/mol. The average Bonchev–Trinajstić information content (AvgIpc) is 3.02. The maximum Gasteiger partial charge on any atom is 0.134 e. The molecule has 3 heteroatoms. The molecule has 3 rings (SSSR count). The van der Waals surface area contributed by atoms with Gasteiger partial charge in [-0.25, -0.2) is 0 Å². The normalized spacial score (nSPS) is 16.5. The maximum absolute atomic E-state index is 5.82. The molecule has 1 saturated heterocycles. The van der Waals surface area contributed by atoms with Crippen molar-refractivity contribution in [3.05, 3.63) is 35.6 Å². The predicted octanol–water partition coefficient (Wildman–Crippen LogP) is 2.93. The number of likely N-dealkylation sites (tertiary alicyclic amines) is 1. The van der Waals surface area contributed by atoms with E-state index in [0.29, 0.717) is 0 Å². The summed E-state index contributed by atoms with van der Waals surface area (Å²) in [7, 11) is 0. The minimum absolute atomic E-state index is 0.821. The van der Waals surface area contributed by atoms with Crippen LogP contribution in [0.5, 0.6) is 0 Å². The summed E-state index contributed by atoms with van der Waals surface area (Å²) in [6.45, 7) is 7.66. The molecule has 0 atom stereocenters. The second-order valence-electron chi connectivity index (χ2n) is 5.48. The van der Waals surface area contributed by atoms with Crippen molar-refractivity contribution in [3.63, 3.8) is 0 Å². The zero-order valence-corrected chi connectivity index (χ0v) is 11.6. The Labute approximate surface area is 114 Å². The van der Waals surface area contributed by atoms with Gasteiger partial charge in [-0.1, -0.05) is 11.6 Å².